The fourth-order valence-corrected chi connectivity index (χ4v) is 3.67. The molecule has 1 aromatic rings. The van der Waals surface area contributed by atoms with Gasteiger partial charge in [-0.05, 0) is 18.9 Å². The number of hydrogen-bond donors (Lipinski definition) is 1. The topological polar surface area (TPSA) is 62.5 Å². The van der Waals surface area contributed by atoms with Gasteiger partial charge in [0.15, 0.2) is 0 Å². The van der Waals surface area contributed by atoms with Crippen LogP contribution in [-0.4, -0.2) is 35.5 Å². The highest BCUT2D eigenvalue weighted by atomic mass is 32.2. The van der Waals surface area contributed by atoms with Gasteiger partial charge in [0, 0.05) is 31.5 Å². The Hall–Kier alpha value is -1.11. The van der Waals surface area contributed by atoms with Gasteiger partial charge >= 0.3 is 0 Å². The smallest absolute Gasteiger partial charge is 0.244 e. The van der Waals surface area contributed by atoms with E-state index in [-0.39, 0.29) is 11.5 Å². The summed E-state index contributed by atoms with van der Waals surface area (Å²) in [6.07, 6.45) is 4.82. The second kappa shape index (κ2) is 7.61. The van der Waals surface area contributed by atoms with Crippen molar-refractivity contribution in [1.29, 1.82) is 0 Å². The van der Waals surface area contributed by atoms with Gasteiger partial charge in [-0.1, -0.05) is 19.9 Å². The highest BCUT2D eigenvalue weighted by molar-refractivity contribution is 7.89. The van der Waals surface area contributed by atoms with Gasteiger partial charge in [-0.15, -0.1) is 6.58 Å². The molecule has 0 saturated carbocycles. The van der Waals surface area contributed by atoms with Crippen molar-refractivity contribution in [3.8, 4) is 0 Å². The lowest BCUT2D eigenvalue weighted by molar-refractivity contribution is 0.270. The Balaban J connectivity index is 3.15. The molecule has 0 aliphatic rings. The van der Waals surface area contributed by atoms with Crippen molar-refractivity contribution in [2.24, 2.45) is 0 Å². The van der Waals surface area contributed by atoms with Crippen LogP contribution < -0.4 is 0 Å². The van der Waals surface area contributed by atoms with Crippen molar-refractivity contribution in [3.63, 3.8) is 0 Å². The van der Waals surface area contributed by atoms with E-state index in [9.17, 15) is 13.5 Å². The lowest BCUT2D eigenvalue weighted by atomic mass is 10.4. The molecular weight excluding hydrogens is 276 g/mol. The van der Waals surface area contributed by atoms with Gasteiger partial charge in [-0.3, -0.25) is 0 Å². The van der Waals surface area contributed by atoms with Crippen LogP contribution in [0.5, 0.6) is 0 Å². The fraction of sp³-hybridized carbons (Fsp3) is 0.571. The molecule has 20 heavy (non-hydrogen) atoms. The molecule has 1 rings (SSSR count). The molecule has 1 aromatic heterocycles. The number of aliphatic hydroxyl groups excluding tert-OH is 1. The molecular formula is C14H24N2O3S. The van der Waals surface area contributed by atoms with E-state index < -0.39 is 10.0 Å². The number of nitrogens with zero attached hydrogens (tertiary/aromatic N) is 2. The first kappa shape index (κ1) is 16.9. The molecule has 0 saturated heterocycles. The Morgan fingerprint density at radius 3 is 2.60 bits per heavy atom. The van der Waals surface area contributed by atoms with Crippen LogP contribution >= 0.6 is 0 Å². The lowest BCUT2D eigenvalue weighted by Gasteiger charge is -2.19. The summed E-state index contributed by atoms with van der Waals surface area (Å²) in [5.41, 5.74) is 0.625. The molecule has 5 nitrogen and oxygen atoms in total. The van der Waals surface area contributed by atoms with Crippen LogP contribution in [0.1, 0.15) is 32.4 Å². The van der Waals surface area contributed by atoms with Gasteiger partial charge in [0.2, 0.25) is 10.0 Å². The van der Waals surface area contributed by atoms with Crippen LogP contribution in [0.15, 0.2) is 29.8 Å². The molecule has 0 amide bonds. The summed E-state index contributed by atoms with van der Waals surface area (Å²) in [5, 5.41) is 9.32. The Kier molecular flexibility index (Phi) is 6.45. The van der Waals surface area contributed by atoms with E-state index in [4.69, 9.17) is 0 Å². The van der Waals surface area contributed by atoms with E-state index >= 15 is 0 Å². The highest BCUT2D eigenvalue weighted by Gasteiger charge is 2.25. The fourth-order valence-electron chi connectivity index (χ4n) is 2.10. The van der Waals surface area contributed by atoms with E-state index in [0.29, 0.717) is 25.3 Å². The number of hydrogen-bond acceptors (Lipinski definition) is 3. The lowest BCUT2D eigenvalue weighted by Crippen LogP contribution is -2.31. The number of aryl methyl sites for hydroxylation is 1. The maximum atomic E-state index is 12.6. The molecule has 1 heterocycles. The number of aromatic nitrogens is 1. The third kappa shape index (κ3) is 3.71. The minimum Gasteiger partial charge on any atom is -0.390 e. The third-order valence-electron chi connectivity index (χ3n) is 3.03. The van der Waals surface area contributed by atoms with Crippen LogP contribution in [0.3, 0.4) is 0 Å². The van der Waals surface area contributed by atoms with Gasteiger partial charge in [-0.2, -0.15) is 4.31 Å². The SMILES string of the molecule is C=CCN(CCC)S(=O)(=O)c1cc(CO)n(CCC)c1. The van der Waals surface area contributed by atoms with E-state index in [1.807, 2.05) is 13.8 Å². The molecule has 0 atom stereocenters. The first-order valence-electron chi connectivity index (χ1n) is 6.92. The Morgan fingerprint density at radius 2 is 2.10 bits per heavy atom. The largest absolute Gasteiger partial charge is 0.390 e. The van der Waals surface area contributed by atoms with Gasteiger partial charge < -0.3 is 9.67 Å². The van der Waals surface area contributed by atoms with E-state index in [2.05, 4.69) is 6.58 Å². The summed E-state index contributed by atoms with van der Waals surface area (Å²) < 4.78 is 28.4. The Morgan fingerprint density at radius 1 is 1.40 bits per heavy atom. The molecule has 0 aliphatic carbocycles. The second-order valence-corrected chi connectivity index (χ2v) is 6.61. The van der Waals surface area contributed by atoms with Crippen LogP contribution in [-0.2, 0) is 23.2 Å². The van der Waals surface area contributed by atoms with Crippen molar-refractivity contribution < 1.29 is 13.5 Å². The molecule has 6 heteroatoms. The van der Waals surface area contributed by atoms with Crippen LogP contribution in [0, 0.1) is 0 Å². The van der Waals surface area contributed by atoms with Crippen molar-refractivity contribution in [1.82, 2.24) is 8.87 Å². The zero-order valence-corrected chi connectivity index (χ0v) is 13.1. The molecule has 0 aliphatic heterocycles. The molecule has 1 N–H and O–H groups in total. The third-order valence-corrected chi connectivity index (χ3v) is 4.86. The summed E-state index contributed by atoms with van der Waals surface area (Å²) in [6.45, 7) is 8.84. The minimum absolute atomic E-state index is 0.162. The quantitative estimate of drug-likeness (QED) is 0.709. The standard InChI is InChI=1S/C14H24N2O3S/c1-4-7-15-11-14(10-13(15)12-17)20(18,19)16(8-5-2)9-6-3/h5,10-11,17H,2,4,6-9,12H2,1,3H3. The second-order valence-electron chi connectivity index (χ2n) is 4.67. The molecule has 0 fully saturated rings. The number of rotatable bonds is 9. The normalized spacial score (nSPS) is 12.0. The van der Waals surface area contributed by atoms with Crippen molar-refractivity contribution >= 4 is 10.0 Å². The molecule has 0 radical (unpaired) electrons. The van der Waals surface area contributed by atoms with E-state index in [1.165, 1.54) is 4.31 Å². The first-order chi connectivity index (χ1) is 9.51. The summed E-state index contributed by atoms with van der Waals surface area (Å²) in [4.78, 5) is 0.241. The van der Waals surface area contributed by atoms with Gasteiger partial charge in [-0.25, -0.2) is 8.42 Å². The maximum absolute atomic E-state index is 12.6. The van der Waals surface area contributed by atoms with Crippen LogP contribution in [0.2, 0.25) is 0 Å². The van der Waals surface area contributed by atoms with Crippen LogP contribution in [0.4, 0.5) is 0 Å². The zero-order valence-electron chi connectivity index (χ0n) is 12.2. The first-order valence-corrected chi connectivity index (χ1v) is 8.36. The van der Waals surface area contributed by atoms with Crippen LogP contribution in [0.25, 0.3) is 0 Å². The van der Waals surface area contributed by atoms with Crippen molar-refractivity contribution in [2.75, 3.05) is 13.1 Å². The summed E-state index contributed by atoms with van der Waals surface area (Å²) >= 11 is 0. The van der Waals surface area contributed by atoms with Crippen molar-refractivity contribution in [3.05, 3.63) is 30.6 Å². The molecule has 114 valence electrons. The molecule has 0 aromatic carbocycles. The van der Waals surface area contributed by atoms with E-state index in [0.717, 1.165) is 12.8 Å². The Bertz CT molecular complexity index is 535. The summed E-state index contributed by atoms with van der Waals surface area (Å²) in [7, 11) is -3.53. The average Bonchev–Trinajstić information content (AvgIpc) is 2.83. The number of aliphatic hydroxyl groups is 1. The number of sulfonamides is 1. The zero-order chi connectivity index (χ0) is 15.2. The molecule has 0 bridgehead atoms. The van der Waals surface area contributed by atoms with E-state index in [1.54, 1.807) is 22.9 Å². The summed E-state index contributed by atoms with van der Waals surface area (Å²) in [6, 6.07) is 1.55. The van der Waals surface area contributed by atoms with Crippen molar-refractivity contribution in [2.45, 2.75) is 44.7 Å². The molecule has 0 spiro atoms. The minimum atomic E-state index is -3.53. The molecule has 0 unspecified atom stereocenters. The monoisotopic (exact) mass is 300 g/mol. The Labute approximate surface area is 121 Å². The van der Waals surface area contributed by atoms with Gasteiger partial charge in [0.05, 0.1) is 6.61 Å². The predicted molar refractivity (Wildman–Crippen MR) is 79.9 cm³/mol. The van der Waals surface area contributed by atoms with Gasteiger partial charge in [0.25, 0.3) is 0 Å². The highest BCUT2D eigenvalue weighted by Crippen LogP contribution is 2.20. The van der Waals surface area contributed by atoms with Gasteiger partial charge in [0.1, 0.15) is 4.90 Å². The average molecular weight is 300 g/mol. The maximum Gasteiger partial charge on any atom is 0.244 e. The predicted octanol–water partition coefficient (Wildman–Crippen LogP) is 1.98. The summed E-state index contributed by atoms with van der Waals surface area (Å²) in [5.74, 6) is 0.